The molecule has 0 radical (unpaired) electrons. The maximum atomic E-state index is 6.19. The average Bonchev–Trinajstić information content (AvgIpc) is 2.44. The Bertz CT molecular complexity index is 581. The lowest BCUT2D eigenvalue weighted by atomic mass is 9.91. The van der Waals surface area contributed by atoms with Crippen molar-refractivity contribution in [3.63, 3.8) is 0 Å². The number of aromatic nitrogens is 2. The minimum Gasteiger partial charge on any atom is -0.364 e. The number of anilines is 1. The quantitative estimate of drug-likeness (QED) is 0.867. The second-order valence-electron chi connectivity index (χ2n) is 5.38. The van der Waals surface area contributed by atoms with Crippen LogP contribution in [-0.2, 0) is 0 Å². The Morgan fingerprint density at radius 1 is 1.11 bits per heavy atom. The zero-order chi connectivity index (χ0) is 13.2. The van der Waals surface area contributed by atoms with Crippen molar-refractivity contribution in [2.75, 3.05) is 5.32 Å². The van der Waals surface area contributed by atoms with Crippen molar-refractivity contribution < 1.29 is 0 Å². The van der Waals surface area contributed by atoms with Gasteiger partial charge in [0.1, 0.15) is 0 Å². The first-order valence-electron chi connectivity index (χ1n) is 7.00. The Balaban J connectivity index is 1.94. The monoisotopic (exact) mass is 256 g/mol. The van der Waals surface area contributed by atoms with Crippen LogP contribution < -0.4 is 11.1 Å². The van der Waals surface area contributed by atoms with Gasteiger partial charge in [-0.1, -0.05) is 37.1 Å². The highest BCUT2D eigenvalue weighted by molar-refractivity contribution is 5.92. The summed E-state index contributed by atoms with van der Waals surface area (Å²) in [7, 11) is 0. The fourth-order valence-corrected chi connectivity index (χ4v) is 2.86. The first-order valence-corrected chi connectivity index (χ1v) is 7.00. The Morgan fingerprint density at radius 3 is 2.63 bits per heavy atom. The van der Waals surface area contributed by atoms with E-state index in [0.29, 0.717) is 6.04 Å². The summed E-state index contributed by atoms with van der Waals surface area (Å²) in [6.45, 7) is 1.99. The zero-order valence-corrected chi connectivity index (χ0v) is 11.3. The number of benzene rings is 1. The van der Waals surface area contributed by atoms with Crippen molar-refractivity contribution in [3.05, 3.63) is 30.0 Å². The van der Waals surface area contributed by atoms with Gasteiger partial charge >= 0.3 is 0 Å². The standard InChI is InChI=1S/C15H20N4/c1-10-11-6-2-3-7-12(11)15(19-18-10)17-14-9-5-4-8-13(14)16/h2-3,6-7,13-14H,4-5,8-9,16H2,1H3,(H,17,19). The van der Waals surface area contributed by atoms with Gasteiger partial charge in [0.05, 0.1) is 5.69 Å². The van der Waals surface area contributed by atoms with Crippen LogP contribution in [0.3, 0.4) is 0 Å². The molecule has 2 aromatic rings. The molecule has 1 aromatic carbocycles. The summed E-state index contributed by atoms with van der Waals surface area (Å²) in [4.78, 5) is 0. The Labute approximate surface area is 113 Å². The molecule has 2 unspecified atom stereocenters. The van der Waals surface area contributed by atoms with E-state index in [0.717, 1.165) is 35.1 Å². The molecule has 19 heavy (non-hydrogen) atoms. The topological polar surface area (TPSA) is 63.8 Å². The van der Waals surface area contributed by atoms with Crippen LogP contribution in [0.25, 0.3) is 10.8 Å². The van der Waals surface area contributed by atoms with E-state index in [1.54, 1.807) is 0 Å². The van der Waals surface area contributed by atoms with Gasteiger partial charge in [0.15, 0.2) is 5.82 Å². The molecule has 4 heteroatoms. The summed E-state index contributed by atoms with van der Waals surface area (Å²) < 4.78 is 0. The summed E-state index contributed by atoms with van der Waals surface area (Å²) in [5.74, 6) is 0.864. The third-order valence-corrected chi connectivity index (χ3v) is 4.01. The smallest absolute Gasteiger partial charge is 0.156 e. The summed E-state index contributed by atoms with van der Waals surface area (Å²) >= 11 is 0. The lowest BCUT2D eigenvalue weighted by Gasteiger charge is -2.29. The molecule has 3 rings (SSSR count). The minimum absolute atomic E-state index is 0.218. The predicted octanol–water partition coefficient (Wildman–Crippen LogP) is 2.62. The number of aryl methyl sites for hydroxylation is 1. The van der Waals surface area contributed by atoms with E-state index >= 15 is 0 Å². The molecule has 1 fully saturated rings. The normalized spacial score (nSPS) is 23.5. The summed E-state index contributed by atoms with van der Waals surface area (Å²) in [6, 6.07) is 8.78. The second-order valence-corrected chi connectivity index (χ2v) is 5.38. The van der Waals surface area contributed by atoms with Crippen LogP contribution in [0.5, 0.6) is 0 Å². The van der Waals surface area contributed by atoms with Crippen molar-refractivity contribution in [2.45, 2.75) is 44.7 Å². The van der Waals surface area contributed by atoms with Gasteiger partial charge in [-0.25, -0.2) is 0 Å². The van der Waals surface area contributed by atoms with E-state index in [9.17, 15) is 0 Å². The van der Waals surface area contributed by atoms with Gasteiger partial charge in [0.2, 0.25) is 0 Å². The van der Waals surface area contributed by atoms with E-state index in [1.165, 1.54) is 12.8 Å². The molecule has 0 aliphatic heterocycles. The molecule has 1 aromatic heterocycles. The highest BCUT2D eigenvalue weighted by Crippen LogP contribution is 2.26. The molecule has 0 saturated heterocycles. The number of nitrogens with zero attached hydrogens (tertiary/aromatic N) is 2. The van der Waals surface area contributed by atoms with Crippen LogP contribution in [0.4, 0.5) is 5.82 Å². The van der Waals surface area contributed by atoms with Crippen molar-refractivity contribution in [3.8, 4) is 0 Å². The van der Waals surface area contributed by atoms with Crippen LogP contribution in [-0.4, -0.2) is 22.3 Å². The number of hydrogen-bond acceptors (Lipinski definition) is 4. The fourth-order valence-electron chi connectivity index (χ4n) is 2.86. The van der Waals surface area contributed by atoms with Crippen molar-refractivity contribution in [1.82, 2.24) is 10.2 Å². The molecular formula is C15H20N4. The highest BCUT2D eigenvalue weighted by Gasteiger charge is 2.22. The van der Waals surface area contributed by atoms with Crippen LogP contribution in [0, 0.1) is 6.92 Å². The largest absolute Gasteiger partial charge is 0.364 e. The lowest BCUT2D eigenvalue weighted by molar-refractivity contribution is 0.403. The summed E-state index contributed by atoms with van der Waals surface area (Å²) in [6.07, 6.45) is 4.68. The molecular weight excluding hydrogens is 236 g/mol. The average molecular weight is 256 g/mol. The van der Waals surface area contributed by atoms with Crippen LogP contribution in [0.15, 0.2) is 24.3 Å². The molecule has 1 heterocycles. The van der Waals surface area contributed by atoms with E-state index in [4.69, 9.17) is 5.73 Å². The van der Waals surface area contributed by atoms with Gasteiger partial charge in [0.25, 0.3) is 0 Å². The maximum absolute atomic E-state index is 6.19. The SMILES string of the molecule is Cc1nnc(NC2CCCCC2N)c2ccccc12. The molecule has 100 valence electrons. The molecule has 0 amide bonds. The third-order valence-electron chi connectivity index (χ3n) is 4.01. The van der Waals surface area contributed by atoms with Gasteiger partial charge in [-0.15, -0.1) is 5.10 Å². The van der Waals surface area contributed by atoms with Gasteiger partial charge in [-0.05, 0) is 19.8 Å². The zero-order valence-electron chi connectivity index (χ0n) is 11.3. The molecule has 2 atom stereocenters. The van der Waals surface area contributed by atoms with Gasteiger partial charge in [-0.2, -0.15) is 5.10 Å². The predicted molar refractivity (Wildman–Crippen MR) is 78.1 cm³/mol. The van der Waals surface area contributed by atoms with E-state index in [1.807, 2.05) is 19.1 Å². The summed E-state index contributed by atoms with van der Waals surface area (Å²) in [5.41, 5.74) is 7.16. The highest BCUT2D eigenvalue weighted by atomic mass is 15.2. The number of fused-ring (bicyclic) bond motifs is 1. The Morgan fingerprint density at radius 2 is 1.84 bits per heavy atom. The Hall–Kier alpha value is -1.68. The van der Waals surface area contributed by atoms with Crippen molar-refractivity contribution >= 4 is 16.6 Å². The second kappa shape index (κ2) is 5.13. The molecule has 1 aliphatic carbocycles. The maximum Gasteiger partial charge on any atom is 0.156 e. The number of nitrogens with one attached hydrogen (secondary N) is 1. The Kier molecular flexibility index (Phi) is 3.34. The van der Waals surface area contributed by atoms with E-state index < -0.39 is 0 Å². The molecule has 3 N–H and O–H groups in total. The van der Waals surface area contributed by atoms with Crippen molar-refractivity contribution in [1.29, 1.82) is 0 Å². The number of nitrogens with two attached hydrogens (primary N) is 1. The lowest BCUT2D eigenvalue weighted by Crippen LogP contribution is -2.42. The summed E-state index contributed by atoms with van der Waals surface area (Å²) in [5, 5.41) is 14.4. The molecule has 1 saturated carbocycles. The first-order chi connectivity index (χ1) is 9.25. The third kappa shape index (κ3) is 2.40. The molecule has 4 nitrogen and oxygen atoms in total. The van der Waals surface area contributed by atoms with Gasteiger partial charge < -0.3 is 11.1 Å². The number of hydrogen-bond donors (Lipinski definition) is 2. The molecule has 0 spiro atoms. The minimum atomic E-state index is 0.218. The van der Waals surface area contributed by atoms with Crippen LogP contribution in [0.2, 0.25) is 0 Å². The van der Waals surface area contributed by atoms with Gasteiger partial charge in [0, 0.05) is 22.9 Å². The molecule has 0 bridgehead atoms. The van der Waals surface area contributed by atoms with E-state index in [2.05, 4.69) is 27.6 Å². The molecule has 1 aliphatic rings. The van der Waals surface area contributed by atoms with Crippen molar-refractivity contribution in [2.24, 2.45) is 5.73 Å². The van der Waals surface area contributed by atoms with Crippen LogP contribution >= 0.6 is 0 Å². The van der Waals surface area contributed by atoms with Crippen LogP contribution in [0.1, 0.15) is 31.4 Å². The fraction of sp³-hybridized carbons (Fsp3) is 0.467. The van der Waals surface area contributed by atoms with E-state index in [-0.39, 0.29) is 6.04 Å². The van der Waals surface area contributed by atoms with Gasteiger partial charge in [-0.3, -0.25) is 0 Å². The number of rotatable bonds is 2. The first kappa shape index (κ1) is 12.4.